The van der Waals surface area contributed by atoms with Crippen molar-refractivity contribution in [2.45, 2.75) is 258 Å². The lowest BCUT2D eigenvalue weighted by atomic mass is 10.1. The highest BCUT2D eigenvalue weighted by atomic mass is 16.6. The summed E-state index contributed by atoms with van der Waals surface area (Å²) < 4.78 is 16.8. The Morgan fingerprint density at radius 1 is 0.265 bits per heavy atom. The Balaban J connectivity index is 4.50. The summed E-state index contributed by atoms with van der Waals surface area (Å²) in [5, 5.41) is 0. The lowest BCUT2D eigenvalue weighted by molar-refractivity contribution is -0.166. The maximum Gasteiger partial charge on any atom is 0.309 e. The Bertz CT molecular complexity index is 1990. The number of hydrogen-bond acceptors (Lipinski definition) is 6. The van der Waals surface area contributed by atoms with Gasteiger partial charge in [-0.2, -0.15) is 0 Å². The lowest BCUT2D eigenvalue weighted by Crippen LogP contribution is -2.30. The van der Waals surface area contributed by atoms with Gasteiger partial charge in [0.15, 0.2) is 6.10 Å². The maximum absolute atomic E-state index is 12.9. The molecule has 0 fully saturated rings. The number of rotatable bonds is 57. The highest BCUT2D eigenvalue weighted by Crippen LogP contribution is 2.13. The molecular formula is C77H118O6. The summed E-state index contributed by atoms with van der Waals surface area (Å²) in [6, 6.07) is 0. The highest BCUT2D eigenvalue weighted by Gasteiger charge is 2.19. The molecule has 0 aromatic carbocycles. The van der Waals surface area contributed by atoms with Crippen molar-refractivity contribution in [3.8, 4) is 0 Å². The van der Waals surface area contributed by atoms with E-state index in [-0.39, 0.29) is 44.4 Å². The third-order valence-electron chi connectivity index (χ3n) is 13.1. The monoisotopic (exact) mass is 1140 g/mol. The van der Waals surface area contributed by atoms with Gasteiger partial charge in [0.1, 0.15) is 13.2 Å². The predicted octanol–water partition coefficient (Wildman–Crippen LogP) is 23.0. The molecule has 0 aliphatic carbocycles. The first-order chi connectivity index (χ1) is 41.0. The Morgan fingerprint density at radius 3 is 0.880 bits per heavy atom. The van der Waals surface area contributed by atoms with E-state index >= 15 is 0 Å². The third kappa shape index (κ3) is 66.9. The summed E-state index contributed by atoms with van der Waals surface area (Å²) in [4.78, 5) is 38.2. The number of carbonyl (C=O) groups is 3. The van der Waals surface area contributed by atoms with Crippen LogP contribution in [0.15, 0.2) is 194 Å². The molecule has 0 radical (unpaired) electrons. The summed E-state index contributed by atoms with van der Waals surface area (Å²) in [5.74, 6) is -1.13. The van der Waals surface area contributed by atoms with Crippen LogP contribution >= 0.6 is 0 Å². The largest absolute Gasteiger partial charge is 0.462 e. The van der Waals surface area contributed by atoms with E-state index in [1.165, 1.54) is 77.0 Å². The molecule has 0 aliphatic heterocycles. The second-order valence-electron chi connectivity index (χ2n) is 20.9. The molecule has 0 saturated heterocycles. The van der Waals surface area contributed by atoms with Crippen LogP contribution in [-0.2, 0) is 28.6 Å². The number of carbonyl (C=O) groups excluding carboxylic acids is 3. The average molecular weight is 1140 g/mol. The summed E-state index contributed by atoms with van der Waals surface area (Å²) in [7, 11) is 0. The molecule has 0 spiro atoms. The number of allylic oxidation sites excluding steroid dienone is 31. The molecule has 0 aromatic rings. The topological polar surface area (TPSA) is 78.9 Å². The van der Waals surface area contributed by atoms with Crippen LogP contribution in [0.4, 0.5) is 0 Å². The summed E-state index contributed by atoms with van der Waals surface area (Å²) in [5.41, 5.74) is 0. The SMILES string of the molecule is CC/C=C\C/C=C\C/C=C\C/C=C\C/C=C\C/C=C\C/C=C\C/C=C\C/C=C\C/C=C\CCCCC(=O)OCC(COC(=O)C/C=C\C/C=C\C/C=C\C/C=C\C/C=C\CC)OC(=O)CCCCCCCCC/C=C\CCCCCCCC. The van der Waals surface area contributed by atoms with Gasteiger partial charge in [-0.15, -0.1) is 0 Å². The van der Waals surface area contributed by atoms with E-state index in [9.17, 15) is 14.4 Å². The third-order valence-corrected chi connectivity index (χ3v) is 13.1. The predicted molar refractivity (Wildman–Crippen MR) is 361 cm³/mol. The van der Waals surface area contributed by atoms with E-state index in [0.717, 1.165) is 128 Å². The normalized spacial score (nSPS) is 13.4. The number of unbranched alkanes of at least 4 members (excludes halogenated alkanes) is 15. The van der Waals surface area contributed by atoms with E-state index in [0.29, 0.717) is 6.42 Å². The van der Waals surface area contributed by atoms with Crippen LogP contribution in [0.1, 0.15) is 252 Å². The molecule has 0 amide bonds. The molecule has 6 heteroatoms. The first-order valence-electron chi connectivity index (χ1n) is 32.9. The number of esters is 3. The summed E-state index contributed by atoms with van der Waals surface area (Å²) in [6.07, 6.45) is 105. The summed E-state index contributed by atoms with van der Waals surface area (Å²) in [6.45, 7) is 6.27. The van der Waals surface area contributed by atoms with Crippen molar-refractivity contribution in [1.29, 1.82) is 0 Å². The molecule has 0 saturated carbocycles. The van der Waals surface area contributed by atoms with E-state index in [4.69, 9.17) is 14.2 Å². The Labute approximate surface area is 509 Å². The molecule has 6 nitrogen and oxygen atoms in total. The van der Waals surface area contributed by atoms with Crippen molar-refractivity contribution < 1.29 is 28.6 Å². The fourth-order valence-corrected chi connectivity index (χ4v) is 8.24. The van der Waals surface area contributed by atoms with Gasteiger partial charge >= 0.3 is 17.9 Å². The molecule has 1 atom stereocenters. The van der Waals surface area contributed by atoms with Crippen LogP contribution in [-0.4, -0.2) is 37.2 Å². The van der Waals surface area contributed by atoms with E-state index in [1.54, 1.807) is 6.08 Å². The van der Waals surface area contributed by atoms with Crippen LogP contribution in [0.25, 0.3) is 0 Å². The molecule has 0 rings (SSSR count). The smallest absolute Gasteiger partial charge is 0.309 e. The number of hydrogen-bond donors (Lipinski definition) is 0. The van der Waals surface area contributed by atoms with Gasteiger partial charge in [-0.3, -0.25) is 14.4 Å². The van der Waals surface area contributed by atoms with Crippen molar-refractivity contribution in [1.82, 2.24) is 0 Å². The molecule has 0 aromatic heterocycles. The van der Waals surface area contributed by atoms with Crippen molar-refractivity contribution >= 4 is 17.9 Å². The average Bonchev–Trinajstić information content (AvgIpc) is 3.49. The molecule has 83 heavy (non-hydrogen) atoms. The van der Waals surface area contributed by atoms with Gasteiger partial charge in [0.25, 0.3) is 0 Å². The Hall–Kier alpha value is -5.75. The molecule has 0 heterocycles. The minimum atomic E-state index is -0.850. The lowest BCUT2D eigenvalue weighted by Gasteiger charge is -2.18. The van der Waals surface area contributed by atoms with E-state index < -0.39 is 12.1 Å². The standard InChI is InChI=1S/C77H118O6/c1-4-7-10-13-16-19-22-25-28-30-31-32-33-34-35-36-37-38-39-40-41-42-43-44-45-47-49-52-55-58-61-64-67-70-76(79)82-73-74(72-81-75(78)69-66-63-60-57-54-51-48-27-24-21-18-15-12-9-6-3)83-77(80)71-68-65-62-59-56-53-50-46-29-26-23-20-17-14-11-8-5-2/h7,9-10,12,16,18-19,21,25-29,31-32,34-35,37-38,40-41,43-44,47-49,54-55,57-58,63,66,74H,4-6,8,11,13-15,17,20,22-24,30,33,36,39,42,45-46,50-53,56,59-62,64-65,67-73H2,1-3H3/b10-7-,12-9-,19-16-,21-18-,28-25-,29-26-,32-31-,35-34-,38-37-,41-40-,44-43-,48-27-,49-47-,57-54-,58-55-,66-63-. The molecule has 462 valence electrons. The fourth-order valence-electron chi connectivity index (χ4n) is 8.24. The van der Waals surface area contributed by atoms with Crippen LogP contribution in [0, 0.1) is 0 Å². The zero-order valence-electron chi connectivity index (χ0n) is 52.9. The van der Waals surface area contributed by atoms with Gasteiger partial charge in [0, 0.05) is 12.8 Å². The molecule has 0 N–H and O–H groups in total. The zero-order valence-corrected chi connectivity index (χ0v) is 52.9. The second kappa shape index (κ2) is 68.7. The van der Waals surface area contributed by atoms with Crippen LogP contribution in [0.5, 0.6) is 0 Å². The zero-order chi connectivity index (χ0) is 59.9. The van der Waals surface area contributed by atoms with Crippen molar-refractivity contribution in [3.05, 3.63) is 194 Å². The summed E-state index contributed by atoms with van der Waals surface area (Å²) >= 11 is 0. The quantitative estimate of drug-likeness (QED) is 0.0261. The van der Waals surface area contributed by atoms with Crippen molar-refractivity contribution in [2.75, 3.05) is 13.2 Å². The number of ether oxygens (including phenoxy) is 3. The van der Waals surface area contributed by atoms with Gasteiger partial charge in [-0.05, 0) is 148 Å². The minimum Gasteiger partial charge on any atom is -0.462 e. The van der Waals surface area contributed by atoms with Gasteiger partial charge in [0.2, 0.25) is 0 Å². The van der Waals surface area contributed by atoms with Gasteiger partial charge in [-0.25, -0.2) is 0 Å². The molecule has 0 aliphatic rings. The van der Waals surface area contributed by atoms with Gasteiger partial charge < -0.3 is 14.2 Å². The minimum absolute atomic E-state index is 0.109. The van der Waals surface area contributed by atoms with Gasteiger partial charge in [0.05, 0.1) is 6.42 Å². The Morgan fingerprint density at radius 2 is 0.518 bits per heavy atom. The maximum atomic E-state index is 12.9. The van der Waals surface area contributed by atoms with Gasteiger partial charge in [-0.1, -0.05) is 279 Å². The highest BCUT2D eigenvalue weighted by molar-refractivity contribution is 5.72. The van der Waals surface area contributed by atoms with Crippen LogP contribution < -0.4 is 0 Å². The van der Waals surface area contributed by atoms with Crippen LogP contribution in [0.3, 0.4) is 0 Å². The second-order valence-corrected chi connectivity index (χ2v) is 20.9. The van der Waals surface area contributed by atoms with E-state index in [1.807, 2.05) is 6.08 Å². The Kier molecular flexibility index (Phi) is 64.0. The molecular weight excluding hydrogens is 1020 g/mol. The fraction of sp³-hybridized carbons (Fsp3) is 0.545. The first-order valence-corrected chi connectivity index (χ1v) is 32.9. The van der Waals surface area contributed by atoms with Crippen LogP contribution in [0.2, 0.25) is 0 Å². The molecule has 1 unspecified atom stereocenters. The van der Waals surface area contributed by atoms with Crippen molar-refractivity contribution in [2.24, 2.45) is 0 Å². The van der Waals surface area contributed by atoms with E-state index in [2.05, 4.69) is 203 Å². The first kappa shape index (κ1) is 77.2. The van der Waals surface area contributed by atoms with Crippen molar-refractivity contribution in [3.63, 3.8) is 0 Å². The molecule has 0 bridgehead atoms.